The Morgan fingerprint density at radius 3 is 2.15 bits per heavy atom. The van der Waals surface area contributed by atoms with Crippen LogP contribution in [0.4, 0.5) is 17.6 Å². The van der Waals surface area contributed by atoms with Gasteiger partial charge in [0.15, 0.2) is 5.60 Å². The molecule has 0 aliphatic heterocycles. The van der Waals surface area contributed by atoms with Gasteiger partial charge < -0.3 is 15.1 Å². The molecule has 2 aromatic rings. The number of rotatable bonds is 5. The minimum atomic E-state index is -4.84. The van der Waals surface area contributed by atoms with Gasteiger partial charge in [0.25, 0.3) is 5.91 Å². The molecule has 0 spiro atoms. The first kappa shape index (κ1) is 23.6. The Labute approximate surface area is 189 Å². The molecule has 4 rings (SSSR count). The van der Waals surface area contributed by atoms with E-state index in [1.54, 1.807) is 4.90 Å². The van der Waals surface area contributed by atoms with Crippen LogP contribution in [0, 0.1) is 5.82 Å². The van der Waals surface area contributed by atoms with Crippen molar-refractivity contribution in [1.82, 2.24) is 9.88 Å². The van der Waals surface area contributed by atoms with E-state index >= 15 is 0 Å². The number of benzene rings is 1. The fourth-order valence-corrected chi connectivity index (χ4v) is 4.61. The number of aromatic nitrogens is 1. The Bertz CT molecular complexity index is 1010. The molecule has 2 N–H and O–H groups in total. The highest BCUT2D eigenvalue weighted by Gasteiger charge is 2.51. The largest absolute Gasteiger partial charge is 0.421 e. The van der Waals surface area contributed by atoms with Crippen LogP contribution in [0.3, 0.4) is 0 Å². The third-order valence-electron chi connectivity index (χ3n) is 6.87. The molecule has 1 atom stereocenters. The molecule has 1 aromatic heterocycles. The first-order chi connectivity index (χ1) is 15.4. The van der Waals surface area contributed by atoms with Crippen LogP contribution in [0.2, 0.25) is 0 Å². The summed E-state index contributed by atoms with van der Waals surface area (Å²) in [7, 11) is 0. The van der Waals surface area contributed by atoms with Crippen LogP contribution in [-0.4, -0.2) is 44.3 Å². The zero-order valence-corrected chi connectivity index (χ0v) is 18.1. The van der Waals surface area contributed by atoms with Crippen molar-refractivity contribution in [2.24, 2.45) is 0 Å². The molecular formula is C24H26F4N2O3. The summed E-state index contributed by atoms with van der Waals surface area (Å²) < 4.78 is 53.5. The SMILES string of the molecule is C[C@](O)(c1ccc(C(=O)N(C2CC2)[C@H]2CC[C@](O)(c3ccncc3F)CC2)cc1)C(F)(F)F. The lowest BCUT2D eigenvalue weighted by molar-refractivity contribution is -0.258. The van der Waals surface area contributed by atoms with Crippen LogP contribution in [0.25, 0.3) is 0 Å². The summed E-state index contributed by atoms with van der Waals surface area (Å²) in [6, 6.07) is 6.21. The van der Waals surface area contributed by atoms with E-state index < -0.39 is 23.2 Å². The summed E-state index contributed by atoms with van der Waals surface area (Å²) in [6.07, 6.45) is 0.847. The third-order valence-corrected chi connectivity index (χ3v) is 6.87. The van der Waals surface area contributed by atoms with Crippen LogP contribution < -0.4 is 0 Å². The Kier molecular flexibility index (Phi) is 5.99. The number of aliphatic hydroxyl groups is 2. The zero-order valence-electron chi connectivity index (χ0n) is 18.1. The van der Waals surface area contributed by atoms with E-state index in [0.717, 1.165) is 31.2 Å². The molecule has 0 bridgehead atoms. The standard InChI is InChI=1S/C24H26F4N2O3/c1-22(32,24(26,27)28)16-4-2-15(3-5-16)21(31)30(17-6-7-17)18-8-11-23(33,12-9-18)19-10-13-29-14-20(19)25/h2-5,10,13-14,17-18,32-33H,6-9,11-12H2,1H3/t18-,22-,23+/m0/s1. The molecule has 1 heterocycles. The minimum Gasteiger partial charge on any atom is -0.385 e. The van der Waals surface area contributed by atoms with Gasteiger partial charge in [0.1, 0.15) is 5.82 Å². The molecule has 178 valence electrons. The Morgan fingerprint density at radius 1 is 1.06 bits per heavy atom. The van der Waals surface area contributed by atoms with Crippen molar-refractivity contribution >= 4 is 5.91 Å². The minimum absolute atomic E-state index is 0.0457. The number of hydrogen-bond donors (Lipinski definition) is 2. The molecule has 33 heavy (non-hydrogen) atoms. The van der Waals surface area contributed by atoms with Gasteiger partial charge in [0.05, 0.1) is 11.8 Å². The van der Waals surface area contributed by atoms with Crippen molar-refractivity contribution in [2.45, 2.75) is 74.9 Å². The average molecular weight is 466 g/mol. The molecule has 2 aliphatic carbocycles. The Balaban J connectivity index is 1.50. The fraction of sp³-hybridized carbons (Fsp3) is 0.500. The maximum Gasteiger partial charge on any atom is 0.421 e. The van der Waals surface area contributed by atoms with Gasteiger partial charge in [-0.25, -0.2) is 4.39 Å². The predicted molar refractivity (Wildman–Crippen MR) is 112 cm³/mol. The molecule has 0 unspecified atom stereocenters. The summed E-state index contributed by atoms with van der Waals surface area (Å²) in [4.78, 5) is 18.8. The van der Waals surface area contributed by atoms with Gasteiger partial charge in [-0.15, -0.1) is 0 Å². The topological polar surface area (TPSA) is 73.7 Å². The van der Waals surface area contributed by atoms with Crippen LogP contribution in [0.15, 0.2) is 42.7 Å². The van der Waals surface area contributed by atoms with Gasteiger partial charge in [0, 0.05) is 29.4 Å². The van der Waals surface area contributed by atoms with Gasteiger partial charge in [-0.05, 0) is 69.2 Å². The first-order valence-corrected chi connectivity index (χ1v) is 11.0. The van der Waals surface area contributed by atoms with Crippen LogP contribution in [0.5, 0.6) is 0 Å². The van der Waals surface area contributed by atoms with Gasteiger partial charge in [-0.1, -0.05) is 12.1 Å². The number of carbonyl (C=O) groups is 1. The second-order valence-electron chi connectivity index (χ2n) is 9.21. The average Bonchev–Trinajstić information content (AvgIpc) is 3.60. The zero-order chi connectivity index (χ0) is 24.0. The van der Waals surface area contributed by atoms with Gasteiger partial charge >= 0.3 is 6.18 Å². The van der Waals surface area contributed by atoms with Crippen molar-refractivity contribution in [1.29, 1.82) is 0 Å². The number of hydrogen-bond acceptors (Lipinski definition) is 4. The third kappa shape index (κ3) is 4.48. The molecule has 9 heteroatoms. The smallest absolute Gasteiger partial charge is 0.385 e. The molecule has 2 aliphatic rings. The summed E-state index contributed by atoms with van der Waals surface area (Å²) in [5, 5.41) is 20.9. The summed E-state index contributed by atoms with van der Waals surface area (Å²) in [5.41, 5.74) is -4.24. The van der Waals surface area contributed by atoms with Crippen molar-refractivity contribution in [3.05, 3.63) is 65.2 Å². The van der Waals surface area contributed by atoms with Gasteiger partial charge in [-0.2, -0.15) is 13.2 Å². The number of carbonyl (C=O) groups excluding carboxylic acids is 1. The number of nitrogens with zero attached hydrogens (tertiary/aromatic N) is 2. The van der Waals surface area contributed by atoms with Crippen LogP contribution in [-0.2, 0) is 11.2 Å². The van der Waals surface area contributed by atoms with Crippen LogP contribution >= 0.6 is 0 Å². The first-order valence-electron chi connectivity index (χ1n) is 11.0. The van der Waals surface area contributed by atoms with E-state index in [9.17, 15) is 32.6 Å². The second kappa shape index (κ2) is 8.36. The van der Waals surface area contributed by atoms with Crippen LogP contribution in [0.1, 0.15) is 66.9 Å². The number of halogens is 4. The van der Waals surface area contributed by atoms with E-state index in [-0.39, 0.29) is 47.5 Å². The highest BCUT2D eigenvalue weighted by molar-refractivity contribution is 5.95. The maximum absolute atomic E-state index is 14.2. The maximum atomic E-state index is 14.2. The van der Waals surface area contributed by atoms with E-state index in [2.05, 4.69) is 4.98 Å². The fourth-order valence-electron chi connectivity index (χ4n) is 4.61. The van der Waals surface area contributed by atoms with E-state index in [1.807, 2.05) is 0 Å². The molecule has 5 nitrogen and oxygen atoms in total. The van der Waals surface area contributed by atoms with E-state index in [1.165, 1.54) is 24.4 Å². The second-order valence-corrected chi connectivity index (χ2v) is 9.21. The molecule has 2 saturated carbocycles. The quantitative estimate of drug-likeness (QED) is 0.640. The van der Waals surface area contributed by atoms with Gasteiger partial charge in [0.2, 0.25) is 0 Å². The molecular weight excluding hydrogens is 440 g/mol. The lowest BCUT2D eigenvalue weighted by Gasteiger charge is -2.41. The highest BCUT2D eigenvalue weighted by Crippen LogP contribution is 2.43. The number of alkyl halides is 3. The summed E-state index contributed by atoms with van der Waals surface area (Å²) in [6.45, 7) is 0.676. The summed E-state index contributed by atoms with van der Waals surface area (Å²) in [5.74, 6) is -0.857. The molecule has 2 fully saturated rings. The lowest BCUT2D eigenvalue weighted by Crippen LogP contribution is -2.46. The highest BCUT2D eigenvalue weighted by atomic mass is 19.4. The van der Waals surface area contributed by atoms with Crippen molar-refractivity contribution in [2.75, 3.05) is 0 Å². The number of pyridine rings is 1. The molecule has 0 radical (unpaired) electrons. The monoisotopic (exact) mass is 466 g/mol. The molecule has 0 saturated heterocycles. The Hall–Kier alpha value is -2.52. The molecule has 1 aromatic carbocycles. The van der Waals surface area contributed by atoms with Crippen molar-refractivity contribution in [3.8, 4) is 0 Å². The lowest BCUT2D eigenvalue weighted by atomic mass is 9.77. The van der Waals surface area contributed by atoms with Crippen molar-refractivity contribution < 1.29 is 32.6 Å². The van der Waals surface area contributed by atoms with E-state index in [0.29, 0.717) is 19.8 Å². The predicted octanol–water partition coefficient (Wildman–Crippen LogP) is 4.43. The Morgan fingerprint density at radius 2 is 1.64 bits per heavy atom. The number of amides is 1. The van der Waals surface area contributed by atoms with Gasteiger partial charge in [-0.3, -0.25) is 9.78 Å². The van der Waals surface area contributed by atoms with E-state index in [4.69, 9.17) is 0 Å². The molecule has 1 amide bonds. The van der Waals surface area contributed by atoms with Crippen molar-refractivity contribution in [3.63, 3.8) is 0 Å². The summed E-state index contributed by atoms with van der Waals surface area (Å²) >= 11 is 0. The normalized spacial score (nSPS) is 25.4.